The molecule has 19 heavy (non-hydrogen) atoms. The number of nitrogens with zero attached hydrogens (tertiary/aromatic N) is 2. The van der Waals surface area contributed by atoms with Crippen LogP contribution in [0, 0.1) is 0 Å². The largest absolute Gasteiger partial charge is 0.362 e. The lowest BCUT2D eigenvalue weighted by Gasteiger charge is -2.16. The maximum atomic E-state index is 12.1. The summed E-state index contributed by atoms with van der Waals surface area (Å²) in [6, 6.07) is 1.79. The molecule has 1 heterocycles. The second-order valence-corrected chi connectivity index (χ2v) is 5.34. The van der Waals surface area contributed by atoms with E-state index in [1.54, 1.807) is 12.3 Å². The van der Waals surface area contributed by atoms with Gasteiger partial charge in [-0.25, -0.2) is 4.98 Å². The molecule has 5 nitrogen and oxygen atoms in total. The van der Waals surface area contributed by atoms with Crippen LogP contribution in [0.1, 0.15) is 23.7 Å². The summed E-state index contributed by atoms with van der Waals surface area (Å²) < 4.78 is 0.798. The molecule has 1 amide bonds. The molecule has 0 saturated heterocycles. The van der Waals surface area contributed by atoms with Crippen molar-refractivity contribution in [1.82, 2.24) is 15.6 Å². The van der Waals surface area contributed by atoms with E-state index in [1.165, 1.54) is 0 Å². The maximum absolute atomic E-state index is 12.1. The van der Waals surface area contributed by atoms with Crippen LogP contribution in [0.4, 0.5) is 5.82 Å². The molecule has 106 valence electrons. The molecule has 0 saturated carbocycles. The molecule has 0 aromatic carbocycles. The van der Waals surface area contributed by atoms with Crippen LogP contribution in [0.15, 0.2) is 16.7 Å². The van der Waals surface area contributed by atoms with E-state index in [9.17, 15) is 4.79 Å². The van der Waals surface area contributed by atoms with Crippen LogP contribution < -0.4 is 15.5 Å². The summed E-state index contributed by atoms with van der Waals surface area (Å²) in [5, 5.41) is 6.13. The molecule has 1 aromatic rings. The Morgan fingerprint density at radius 1 is 1.37 bits per heavy atom. The third kappa shape index (κ3) is 5.16. The minimum Gasteiger partial charge on any atom is -0.362 e. The first-order valence-electron chi connectivity index (χ1n) is 6.38. The summed E-state index contributed by atoms with van der Waals surface area (Å²) in [5.41, 5.74) is 0.579. The zero-order valence-electron chi connectivity index (χ0n) is 11.7. The Labute approximate surface area is 122 Å². The van der Waals surface area contributed by atoms with Crippen molar-refractivity contribution in [3.05, 3.63) is 22.3 Å². The lowest BCUT2D eigenvalue weighted by molar-refractivity contribution is 0.0954. The smallest absolute Gasteiger partial charge is 0.255 e. The topological polar surface area (TPSA) is 57.3 Å². The van der Waals surface area contributed by atoms with Crippen LogP contribution >= 0.6 is 15.9 Å². The minimum absolute atomic E-state index is 0.101. The molecule has 0 spiro atoms. The van der Waals surface area contributed by atoms with E-state index in [4.69, 9.17) is 0 Å². The minimum atomic E-state index is -0.101. The van der Waals surface area contributed by atoms with Gasteiger partial charge < -0.3 is 15.5 Å². The average Bonchev–Trinajstić information content (AvgIpc) is 2.37. The second-order valence-electron chi connectivity index (χ2n) is 4.43. The molecule has 0 atom stereocenters. The van der Waals surface area contributed by atoms with Crippen molar-refractivity contribution in [3.63, 3.8) is 0 Å². The predicted octanol–water partition coefficient (Wildman–Crippen LogP) is 1.64. The first-order chi connectivity index (χ1) is 9.06. The summed E-state index contributed by atoms with van der Waals surface area (Å²) >= 11 is 3.34. The average molecular weight is 329 g/mol. The van der Waals surface area contributed by atoms with E-state index in [0.29, 0.717) is 17.9 Å². The Kier molecular flexibility index (Phi) is 6.80. The first kappa shape index (κ1) is 15.9. The van der Waals surface area contributed by atoms with Gasteiger partial charge in [-0.2, -0.15) is 0 Å². The molecule has 0 aliphatic rings. The van der Waals surface area contributed by atoms with Gasteiger partial charge in [-0.1, -0.05) is 6.92 Å². The summed E-state index contributed by atoms with van der Waals surface area (Å²) in [4.78, 5) is 18.2. The molecule has 0 radical (unpaired) electrons. The third-order valence-electron chi connectivity index (χ3n) is 2.52. The third-order valence-corrected chi connectivity index (χ3v) is 2.95. The van der Waals surface area contributed by atoms with E-state index < -0.39 is 0 Å². The van der Waals surface area contributed by atoms with Gasteiger partial charge >= 0.3 is 0 Å². The fourth-order valence-corrected chi connectivity index (χ4v) is 1.95. The van der Waals surface area contributed by atoms with E-state index >= 15 is 0 Å². The first-order valence-corrected chi connectivity index (χ1v) is 7.17. The fraction of sp³-hybridized carbons (Fsp3) is 0.538. The number of hydrogen-bond acceptors (Lipinski definition) is 4. The molecule has 1 aromatic heterocycles. The monoisotopic (exact) mass is 328 g/mol. The molecule has 0 aliphatic heterocycles. The normalized spacial score (nSPS) is 10.3. The Morgan fingerprint density at radius 3 is 2.74 bits per heavy atom. The van der Waals surface area contributed by atoms with Crippen molar-refractivity contribution < 1.29 is 4.79 Å². The number of rotatable bonds is 7. The number of anilines is 1. The standard InChI is InChI=1S/C13H21BrN4O/c1-4-5-15-6-7-16-13(19)11-8-10(14)9-17-12(11)18(2)3/h8-9,15H,4-7H2,1-3H3,(H,16,19). The van der Waals surface area contributed by atoms with Gasteiger partial charge in [0.1, 0.15) is 5.82 Å². The van der Waals surface area contributed by atoms with Gasteiger partial charge in [0.25, 0.3) is 5.91 Å². The number of halogens is 1. The second kappa shape index (κ2) is 8.12. The molecule has 0 unspecified atom stereocenters. The summed E-state index contributed by atoms with van der Waals surface area (Å²) in [6.45, 7) is 4.47. The van der Waals surface area contributed by atoms with E-state index in [2.05, 4.69) is 38.5 Å². The molecule has 6 heteroatoms. The Hall–Kier alpha value is -1.14. The number of amides is 1. The summed E-state index contributed by atoms with van der Waals surface area (Å²) in [7, 11) is 3.74. The van der Waals surface area contributed by atoms with Crippen molar-refractivity contribution in [3.8, 4) is 0 Å². The maximum Gasteiger partial charge on any atom is 0.255 e. The van der Waals surface area contributed by atoms with Crippen LogP contribution in [-0.2, 0) is 0 Å². The number of carbonyl (C=O) groups excluding carboxylic acids is 1. The van der Waals surface area contributed by atoms with Crippen LogP contribution in [0.2, 0.25) is 0 Å². The quantitative estimate of drug-likeness (QED) is 0.747. The highest BCUT2D eigenvalue weighted by molar-refractivity contribution is 9.10. The van der Waals surface area contributed by atoms with Crippen molar-refractivity contribution in [1.29, 1.82) is 0 Å². The van der Waals surface area contributed by atoms with Crippen molar-refractivity contribution in [2.24, 2.45) is 0 Å². The number of hydrogen-bond donors (Lipinski definition) is 2. The molecule has 0 fully saturated rings. The summed E-state index contributed by atoms with van der Waals surface area (Å²) in [5.74, 6) is 0.568. The highest BCUT2D eigenvalue weighted by Gasteiger charge is 2.14. The lowest BCUT2D eigenvalue weighted by Crippen LogP contribution is -2.33. The number of pyridine rings is 1. The molecular weight excluding hydrogens is 308 g/mol. The lowest BCUT2D eigenvalue weighted by atomic mass is 10.2. The van der Waals surface area contributed by atoms with Crippen molar-refractivity contribution in [2.45, 2.75) is 13.3 Å². The Balaban J connectivity index is 2.63. The zero-order chi connectivity index (χ0) is 14.3. The Morgan fingerprint density at radius 2 is 2.11 bits per heavy atom. The highest BCUT2D eigenvalue weighted by Crippen LogP contribution is 2.19. The van der Waals surface area contributed by atoms with Crippen LogP contribution in [0.3, 0.4) is 0 Å². The van der Waals surface area contributed by atoms with Gasteiger partial charge in [-0.15, -0.1) is 0 Å². The zero-order valence-corrected chi connectivity index (χ0v) is 13.2. The van der Waals surface area contributed by atoms with Gasteiger partial charge in [-0.05, 0) is 35.0 Å². The van der Waals surface area contributed by atoms with Gasteiger partial charge in [-0.3, -0.25) is 4.79 Å². The van der Waals surface area contributed by atoms with Crippen molar-refractivity contribution >= 4 is 27.7 Å². The number of aromatic nitrogens is 1. The van der Waals surface area contributed by atoms with Crippen LogP contribution in [0.25, 0.3) is 0 Å². The van der Waals surface area contributed by atoms with E-state index in [0.717, 1.165) is 24.0 Å². The van der Waals surface area contributed by atoms with Gasteiger partial charge in [0, 0.05) is 37.9 Å². The Bertz CT molecular complexity index is 423. The van der Waals surface area contributed by atoms with E-state index in [1.807, 2.05) is 19.0 Å². The molecule has 0 aliphatic carbocycles. The molecule has 0 bridgehead atoms. The highest BCUT2D eigenvalue weighted by atomic mass is 79.9. The number of carbonyl (C=O) groups is 1. The van der Waals surface area contributed by atoms with Crippen LogP contribution in [0.5, 0.6) is 0 Å². The molecule has 2 N–H and O–H groups in total. The molecular formula is C13H21BrN4O. The number of nitrogens with one attached hydrogen (secondary N) is 2. The summed E-state index contributed by atoms with van der Waals surface area (Å²) in [6.07, 6.45) is 2.78. The van der Waals surface area contributed by atoms with Gasteiger partial charge in [0.15, 0.2) is 0 Å². The predicted molar refractivity (Wildman–Crippen MR) is 81.8 cm³/mol. The van der Waals surface area contributed by atoms with Gasteiger partial charge in [0.2, 0.25) is 0 Å². The van der Waals surface area contributed by atoms with E-state index in [-0.39, 0.29) is 5.91 Å². The molecule has 1 rings (SSSR count). The van der Waals surface area contributed by atoms with Crippen molar-refractivity contribution in [2.75, 3.05) is 38.6 Å². The van der Waals surface area contributed by atoms with Crippen LogP contribution in [-0.4, -0.2) is 44.6 Å². The fourth-order valence-electron chi connectivity index (χ4n) is 1.62. The van der Waals surface area contributed by atoms with Gasteiger partial charge in [0.05, 0.1) is 5.56 Å². The SMILES string of the molecule is CCCNCCNC(=O)c1cc(Br)cnc1N(C)C.